The van der Waals surface area contributed by atoms with Gasteiger partial charge in [0, 0.05) is 18.0 Å². The van der Waals surface area contributed by atoms with E-state index in [4.69, 9.17) is 4.74 Å². The Bertz CT molecular complexity index is 244. The quantitative estimate of drug-likeness (QED) is 0.627. The van der Waals surface area contributed by atoms with Gasteiger partial charge in [0.2, 0.25) is 0 Å². The zero-order chi connectivity index (χ0) is 7.73. The second-order valence-corrected chi connectivity index (χ2v) is 2.77. The SMILES string of the molecule is OC1(c2cccnc2)COC1. The minimum absolute atomic E-state index is 0.388. The van der Waals surface area contributed by atoms with Crippen LogP contribution in [0.2, 0.25) is 0 Å². The lowest BCUT2D eigenvalue weighted by atomic mass is 9.94. The van der Waals surface area contributed by atoms with Crippen molar-refractivity contribution in [2.24, 2.45) is 0 Å². The van der Waals surface area contributed by atoms with Crippen LogP contribution in [-0.2, 0) is 10.3 Å². The first-order chi connectivity index (χ1) is 5.31. The zero-order valence-electron chi connectivity index (χ0n) is 6.03. The van der Waals surface area contributed by atoms with Gasteiger partial charge in [0.15, 0.2) is 0 Å². The lowest BCUT2D eigenvalue weighted by Crippen LogP contribution is -2.46. The predicted molar refractivity (Wildman–Crippen MR) is 39.0 cm³/mol. The fourth-order valence-corrected chi connectivity index (χ4v) is 1.10. The molecule has 2 heterocycles. The van der Waals surface area contributed by atoms with E-state index >= 15 is 0 Å². The molecule has 0 bridgehead atoms. The first-order valence-corrected chi connectivity index (χ1v) is 3.52. The number of pyridine rings is 1. The fraction of sp³-hybridized carbons (Fsp3) is 0.375. The van der Waals surface area contributed by atoms with Gasteiger partial charge in [-0.15, -0.1) is 0 Å². The molecule has 58 valence electrons. The van der Waals surface area contributed by atoms with Gasteiger partial charge in [-0.05, 0) is 6.07 Å². The topological polar surface area (TPSA) is 42.4 Å². The summed E-state index contributed by atoms with van der Waals surface area (Å²) in [6.07, 6.45) is 3.36. The molecule has 0 amide bonds. The summed E-state index contributed by atoms with van der Waals surface area (Å²) in [4.78, 5) is 3.92. The maximum absolute atomic E-state index is 9.72. The Hall–Kier alpha value is -0.930. The van der Waals surface area contributed by atoms with Crippen LogP contribution in [0.5, 0.6) is 0 Å². The van der Waals surface area contributed by atoms with Gasteiger partial charge in [-0.25, -0.2) is 0 Å². The number of aromatic nitrogens is 1. The molecule has 0 spiro atoms. The Morgan fingerprint density at radius 2 is 2.36 bits per heavy atom. The molecule has 0 aromatic carbocycles. The first kappa shape index (κ1) is 6.76. The predicted octanol–water partition coefficient (Wildman–Crippen LogP) is 0.299. The van der Waals surface area contributed by atoms with E-state index in [0.29, 0.717) is 13.2 Å². The third-order valence-electron chi connectivity index (χ3n) is 1.88. The average molecular weight is 151 g/mol. The molecule has 1 saturated heterocycles. The summed E-state index contributed by atoms with van der Waals surface area (Å²) in [5.74, 6) is 0. The van der Waals surface area contributed by atoms with E-state index in [1.807, 2.05) is 12.1 Å². The number of aliphatic hydroxyl groups is 1. The summed E-state index contributed by atoms with van der Waals surface area (Å²) in [5, 5.41) is 9.72. The highest BCUT2D eigenvalue weighted by Gasteiger charge is 2.37. The van der Waals surface area contributed by atoms with Crippen molar-refractivity contribution in [1.29, 1.82) is 0 Å². The van der Waals surface area contributed by atoms with Crippen LogP contribution in [0.1, 0.15) is 5.56 Å². The second kappa shape index (κ2) is 2.29. The molecule has 3 heteroatoms. The van der Waals surface area contributed by atoms with E-state index in [0.717, 1.165) is 5.56 Å². The van der Waals surface area contributed by atoms with Crippen molar-refractivity contribution in [3.05, 3.63) is 30.1 Å². The molecule has 0 radical (unpaired) electrons. The van der Waals surface area contributed by atoms with Crippen LogP contribution in [-0.4, -0.2) is 23.3 Å². The van der Waals surface area contributed by atoms with Crippen molar-refractivity contribution in [1.82, 2.24) is 4.98 Å². The molecule has 1 N–H and O–H groups in total. The normalized spacial score (nSPS) is 20.8. The fourth-order valence-electron chi connectivity index (χ4n) is 1.10. The van der Waals surface area contributed by atoms with Crippen LogP contribution < -0.4 is 0 Å². The minimum atomic E-state index is -0.770. The standard InChI is InChI=1S/C8H9NO2/c10-8(5-11-6-8)7-2-1-3-9-4-7/h1-4,10H,5-6H2. The van der Waals surface area contributed by atoms with Crippen molar-refractivity contribution in [3.63, 3.8) is 0 Å². The van der Waals surface area contributed by atoms with Crippen molar-refractivity contribution < 1.29 is 9.84 Å². The molecule has 1 aromatic heterocycles. The van der Waals surface area contributed by atoms with E-state index in [1.165, 1.54) is 0 Å². The lowest BCUT2D eigenvalue weighted by Gasteiger charge is -2.36. The monoisotopic (exact) mass is 151 g/mol. The van der Waals surface area contributed by atoms with Crippen molar-refractivity contribution in [3.8, 4) is 0 Å². The molecule has 1 aliphatic heterocycles. The summed E-state index contributed by atoms with van der Waals surface area (Å²) >= 11 is 0. The Kier molecular flexibility index (Phi) is 1.41. The minimum Gasteiger partial charge on any atom is -0.380 e. The maximum Gasteiger partial charge on any atom is 0.137 e. The Labute approximate surface area is 64.6 Å². The number of ether oxygens (including phenoxy) is 1. The molecular formula is C8H9NO2. The third-order valence-corrected chi connectivity index (χ3v) is 1.88. The van der Waals surface area contributed by atoms with Gasteiger partial charge in [-0.1, -0.05) is 6.07 Å². The molecule has 0 atom stereocenters. The van der Waals surface area contributed by atoms with E-state index < -0.39 is 5.60 Å². The summed E-state index contributed by atoms with van der Waals surface area (Å²) in [7, 11) is 0. The molecule has 11 heavy (non-hydrogen) atoms. The number of rotatable bonds is 1. The van der Waals surface area contributed by atoms with Gasteiger partial charge in [-0.2, -0.15) is 0 Å². The van der Waals surface area contributed by atoms with Crippen LogP contribution in [0.25, 0.3) is 0 Å². The molecule has 3 nitrogen and oxygen atoms in total. The summed E-state index contributed by atoms with van der Waals surface area (Å²) < 4.78 is 4.91. The van der Waals surface area contributed by atoms with E-state index in [-0.39, 0.29) is 0 Å². The molecule has 1 aromatic rings. The Morgan fingerprint density at radius 3 is 2.82 bits per heavy atom. The summed E-state index contributed by atoms with van der Waals surface area (Å²) in [6, 6.07) is 3.67. The van der Waals surface area contributed by atoms with Gasteiger partial charge < -0.3 is 9.84 Å². The van der Waals surface area contributed by atoms with E-state index in [2.05, 4.69) is 4.98 Å². The maximum atomic E-state index is 9.72. The van der Waals surface area contributed by atoms with Crippen LogP contribution in [0, 0.1) is 0 Å². The summed E-state index contributed by atoms with van der Waals surface area (Å²) in [5.41, 5.74) is 0.0695. The Morgan fingerprint density at radius 1 is 1.55 bits per heavy atom. The smallest absolute Gasteiger partial charge is 0.137 e. The van der Waals surface area contributed by atoms with Crippen molar-refractivity contribution in [2.45, 2.75) is 5.60 Å². The molecule has 2 rings (SSSR count). The van der Waals surface area contributed by atoms with Gasteiger partial charge in [0.25, 0.3) is 0 Å². The molecule has 0 saturated carbocycles. The highest BCUT2D eigenvalue weighted by Crippen LogP contribution is 2.27. The first-order valence-electron chi connectivity index (χ1n) is 3.52. The number of hydrogen-bond acceptors (Lipinski definition) is 3. The van der Waals surface area contributed by atoms with Crippen LogP contribution in [0.15, 0.2) is 24.5 Å². The van der Waals surface area contributed by atoms with Crippen LogP contribution >= 0.6 is 0 Å². The molecule has 1 fully saturated rings. The highest BCUT2D eigenvalue weighted by molar-refractivity contribution is 5.20. The molecule has 0 aliphatic carbocycles. The highest BCUT2D eigenvalue weighted by atomic mass is 16.5. The van der Waals surface area contributed by atoms with Gasteiger partial charge >= 0.3 is 0 Å². The molecule has 1 aliphatic rings. The number of hydrogen-bond donors (Lipinski definition) is 1. The summed E-state index contributed by atoms with van der Waals surface area (Å²) in [6.45, 7) is 0.775. The van der Waals surface area contributed by atoms with Crippen molar-refractivity contribution >= 4 is 0 Å². The van der Waals surface area contributed by atoms with Gasteiger partial charge in [-0.3, -0.25) is 4.98 Å². The Balaban J connectivity index is 2.29. The average Bonchev–Trinajstić information content (AvgIpc) is 2.02. The molecular weight excluding hydrogens is 142 g/mol. The van der Waals surface area contributed by atoms with E-state index in [1.54, 1.807) is 12.4 Å². The largest absolute Gasteiger partial charge is 0.380 e. The molecule has 0 unspecified atom stereocenters. The third kappa shape index (κ3) is 1.02. The zero-order valence-corrected chi connectivity index (χ0v) is 6.03. The van der Waals surface area contributed by atoms with Gasteiger partial charge in [0.05, 0.1) is 13.2 Å². The lowest BCUT2D eigenvalue weighted by molar-refractivity contribution is -0.184. The van der Waals surface area contributed by atoms with Crippen LogP contribution in [0.4, 0.5) is 0 Å². The second-order valence-electron chi connectivity index (χ2n) is 2.77. The van der Waals surface area contributed by atoms with Gasteiger partial charge in [0.1, 0.15) is 5.60 Å². The number of nitrogens with zero attached hydrogens (tertiary/aromatic N) is 1. The van der Waals surface area contributed by atoms with Crippen LogP contribution in [0.3, 0.4) is 0 Å². The van der Waals surface area contributed by atoms with Crippen molar-refractivity contribution in [2.75, 3.05) is 13.2 Å². The van der Waals surface area contributed by atoms with E-state index in [9.17, 15) is 5.11 Å².